The van der Waals surface area contributed by atoms with Crippen LogP contribution in [0.5, 0.6) is 17.2 Å². The molecule has 0 spiro atoms. The van der Waals surface area contributed by atoms with E-state index >= 15 is 0 Å². The van der Waals surface area contributed by atoms with Crippen molar-refractivity contribution >= 4 is 41.0 Å². The van der Waals surface area contributed by atoms with Crippen molar-refractivity contribution in [3.63, 3.8) is 0 Å². The van der Waals surface area contributed by atoms with Gasteiger partial charge >= 0.3 is 0 Å². The highest BCUT2D eigenvalue weighted by molar-refractivity contribution is 8.00. The molecule has 0 aliphatic carbocycles. The highest BCUT2D eigenvalue weighted by Gasteiger charge is 2.38. The van der Waals surface area contributed by atoms with E-state index in [4.69, 9.17) is 35.6 Å². The van der Waals surface area contributed by atoms with Crippen LogP contribution in [-0.2, 0) is 14.3 Å². The first kappa shape index (κ1) is 31.2. The molecule has 12 heteroatoms. The number of rotatable bonds is 11. The molecule has 0 fully saturated rings. The quantitative estimate of drug-likeness (QED) is 0.226. The molecule has 0 unspecified atom stereocenters. The number of carbonyl (C=O) groups excluding carboxylic acids is 2. The molecule has 0 saturated heterocycles. The van der Waals surface area contributed by atoms with E-state index in [1.165, 1.54) is 16.7 Å². The Morgan fingerprint density at radius 2 is 1.70 bits per heavy atom. The Morgan fingerprint density at radius 3 is 2.36 bits per heavy atom. The summed E-state index contributed by atoms with van der Waals surface area (Å²) in [5, 5.41) is 8.17. The highest BCUT2D eigenvalue weighted by atomic mass is 35.5. The minimum atomic E-state index is -0.354. The van der Waals surface area contributed by atoms with E-state index in [0.717, 1.165) is 16.7 Å². The number of aromatic nitrogens is 2. The number of hydrogen-bond acceptors (Lipinski definition) is 8. The maximum absolute atomic E-state index is 13.9. The van der Waals surface area contributed by atoms with Crippen LogP contribution in [0.25, 0.3) is 16.9 Å². The summed E-state index contributed by atoms with van der Waals surface area (Å²) in [6.07, 6.45) is 0. The van der Waals surface area contributed by atoms with Crippen LogP contribution in [0.15, 0.2) is 66.7 Å². The molecule has 4 aromatic rings. The lowest BCUT2D eigenvalue weighted by molar-refractivity contribution is -0.123. The normalized spacial score (nSPS) is 14.5. The smallest absolute Gasteiger partial charge is 0.240 e. The Balaban J connectivity index is 1.76. The fraction of sp³-hybridized carbons (Fsp3) is 0.281. The molecule has 2 amide bonds. The predicted molar refractivity (Wildman–Crippen MR) is 172 cm³/mol. The van der Waals surface area contributed by atoms with Crippen LogP contribution in [0.4, 0.5) is 5.82 Å². The van der Waals surface area contributed by atoms with Crippen LogP contribution >= 0.6 is 23.4 Å². The zero-order chi connectivity index (χ0) is 31.2. The van der Waals surface area contributed by atoms with Crippen LogP contribution in [0.3, 0.4) is 0 Å². The summed E-state index contributed by atoms with van der Waals surface area (Å²) in [6.45, 7) is 0.477. The standard InChI is InChI=1S/C32H33ClN4O6S/c1-40-16-15-34-27(38)18-36-28(39)19-44-31(21-7-14-25(42-3)26(17-21)43-4)29-30(20-5-8-22(33)9-6-20)35-37(32(29)36)23-10-12-24(41-2)13-11-23/h5-14,17,31H,15-16,18-19H2,1-4H3,(H,34,38)/t31-/m0/s1. The molecule has 0 saturated carbocycles. The number of halogens is 1. The van der Waals surface area contributed by atoms with Gasteiger partial charge in [-0.1, -0.05) is 29.8 Å². The molecule has 1 N–H and O–H groups in total. The van der Waals surface area contributed by atoms with Crippen molar-refractivity contribution in [1.82, 2.24) is 15.1 Å². The molecule has 5 rings (SSSR count). The Bertz CT molecular complexity index is 1630. The van der Waals surface area contributed by atoms with Gasteiger partial charge in [-0.05, 0) is 54.1 Å². The van der Waals surface area contributed by atoms with Crippen molar-refractivity contribution in [3.8, 4) is 34.2 Å². The van der Waals surface area contributed by atoms with E-state index in [9.17, 15) is 9.59 Å². The Labute approximate surface area is 265 Å². The van der Waals surface area contributed by atoms with Crippen LogP contribution in [0.1, 0.15) is 16.4 Å². The molecule has 1 aliphatic heterocycles. The van der Waals surface area contributed by atoms with Gasteiger partial charge in [-0.2, -0.15) is 5.10 Å². The zero-order valence-corrected chi connectivity index (χ0v) is 26.4. The van der Waals surface area contributed by atoms with Gasteiger partial charge in [-0.3, -0.25) is 14.5 Å². The third-order valence-corrected chi connectivity index (χ3v) is 8.67. The zero-order valence-electron chi connectivity index (χ0n) is 24.8. The van der Waals surface area contributed by atoms with Gasteiger partial charge in [0.05, 0.1) is 50.3 Å². The van der Waals surface area contributed by atoms with E-state index in [-0.39, 0.29) is 29.4 Å². The second-order valence-electron chi connectivity index (χ2n) is 9.83. The summed E-state index contributed by atoms with van der Waals surface area (Å²) >= 11 is 7.72. The molecular weight excluding hydrogens is 604 g/mol. The number of nitrogens with zero attached hydrogens (tertiary/aromatic N) is 3. The Kier molecular flexibility index (Phi) is 9.99. The molecule has 230 valence electrons. The first-order chi connectivity index (χ1) is 21.4. The second kappa shape index (κ2) is 14.1. The van der Waals surface area contributed by atoms with Gasteiger partial charge in [-0.25, -0.2) is 4.68 Å². The molecule has 44 heavy (non-hydrogen) atoms. The lowest BCUT2D eigenvalue weighted by Gasteiger charge is -2.23. The van der Waals surface area contributed by atoms with E-state index < -0.39 is 0 Å². The van der Waals surface area contributed by atoms with E-state index in [0.29, 0.717) is 52.6 Å². The van der Waals surface area contributed by atoms with Crippen molar-refractivity contribution in [2.75, 3.05) is 58.8 Å². The molecule has 1 aromatic heterocycles. The Hall–Kier alpha value is -4.19. The summed E-state index contributed by atoms with van der Waals surface area (Å²) in [4.78, 5) is 28.6. The molecule has 10 nitrogen and oxygen atoms in total. The molecular formula is C32H33ClN4O6S. The van der Waals surface area contributed by atoms with Crippen LogP contribution < -0.4 is 24.4 Å². The number of benzene rings is 3. The number of nitrogens with one attached hydrogen (secondary N) is 1. The first-order valence-corrected chi connectivity index (χ1v) is 15.2. The van der Waals surface area contributed by atoms with Crippen LogP contribution in [0, 0.1) is 0 Å². The number of amides is 2. The van der Waals surface area contributed by atoms with Crippen molar-refractivity contribution in [2.45, 2.75) is 5.25 Å². The van der Waals surface area contributed by atoms with Gasteiger partial charge in [0.2, 0.25) is 11.8 Å². The van der Waals surface area contributed by atoms with Gasteiger partial charge < -0.3 is 24.3 Å². The topological polar surface area (TPSA) is 104 Å². The number of thioether (sulfide) groups is 1. The largest absolute Gasteiger partial charge is 0.497 e. The van der Waals surface area contributed by atoms with Crippen molar-refractivity contribution in [1.29, 1.82) is 0 Å². The van der Waals surface area contributed by atoms with Crippen molar-refractivity contribution in [3.05, 3.63) is 82.9 Å². The first-order valence-electron chi connectivity index (χ1n) is 13.8. The monoisotopic (exact) mass is 636 g/mol. The molecule has 0 bridgehead atoms. The lowest BCUT2D eigenvalue weighted by Crippen LogP contribution is -2.43. The minimum absolute atomic E-state index is 0.127. The average Bonchev–Trinajstić information content (AvgIpc) is 3.37. The van der Waals surface area contributed by atoms with E-state index in [1.807, 2.05) is 54.6 Å². The van der Waals surface area contributed by atoms with Crippen LogP contribution in [-0.4, -0.2) is 75.5 Å². The Morgan fingerprint density at radius 1 is 0.977 bits per heavy atom. The highest BCUT2D eigenvalue weighted by Crippen LogP contribution is 2.49. The molecule has 2 heterocycles. The van der Waals surface area contributed by atoms with E-state index in [2.05, 4.69) is 5.32 Å². The number of methoxy groups -OCH3 is 4. The van der Waals surface area contributed by atoms with Crippen LogP contribution in [0.2, 0.25) is 5.02 Å². The summed E-state index contributed by atoms with van der Waals surface area (Å²) in [5.41, 5.74) is 3.81. The van der Waals surface area contributed by atoms with Gasteiger partial charge in [0.1, 0.15) is 18.1 Å². The molecule has 1 atom stereocenters. The third kappa shape index (κ3) is 6.50. The fourth-order valence-corrected chi connectivity index (χ4v) is 6.33. The SMILES string of the molecule is COCCNC(=O)CN1C(=O)CS[C@@H](c2ccc(OC)c(OC)c2)c2c(-c3ccc(Cl)cc3)nn(-c3ccc(OC)cc3)c21. The van der Waals surface area contributed by atoms with E-state index in [1.54, 1.807) is 45.3 Å². The molecule has 0 radical (unpaired) electrons. The van der Waals surface area contributed by atoms with Gasteiger partial charge in [0, 0.05) is 29.8 Å². The maximum Gasteiger partial charge on any atom is 0.240 e. The van der Waals surface area contributed by atoms with Crippen molar-refractivity contribution < 1.29 is 28.5 Å². The number of carbonyl (C=O) groups is 2. The summed E-state index contributed by atoms with van der Waals surface area (Å²) in [7, 11) is 6.33. The number of fused-ring (bicyclic) bond motifs is 1. The summed E-state index contributed by atoms with van der Waals surface area (Å²) < 4.78 is 23.3. The van der Waals surface area contributed by atoms with Gasteiger partial charge in [0.15, 0.2) is 11.5 Å². The second-order valence-corrected chi connectivity index (χ2v) is 11.4. The van der Waals surface area contributed by atoms with Crippen molar-refractivity contribution in [2.24, 2.45) is 0 Å². The third-order valence-electron chi connectivity index (χ3n) is 7.16. The van der Waals surface area contributed by atoms with Gasteiger partial charge in [-0.15, -0.1) is 11.8 Å². The summed E-state index contributed by atoms with van der Waals surface area (Å²) in [6, 6.07) is 20.5. The predicted octanol–water partition coefficient (Wildman–Crippen LogP) is 5.15. The minimum Gasteiger partial charge on any atom is -0.497 e. The number of ether oxygens (including phenoxy) is 4. The molecule has 3 aromatic carbocycles. The average molecular weight is 637 g/mol. The number of hydrogen-bond donors (Lipinski definition) is 1. The maximum atomic E-state index is 13.9. The van der Waals surface area contributed by atoms with Gasteiger partial charge in [0.25, 0.3) is 0 Å². The number of anilines is 1. The molecule has 1 aliphatic rings. The lowest BCUT2D eigenvalue weighted by atomic mass is 9.99. The summed E-state index contributed by atoms with van der Waals surface area (Å²) in [5.74, 6) is 1.91. The fourth-order valence-electron chi connectivity index (χ4n) is 5.01.